The summed E-state index contributed by atoms with van der Waals surface area (Å²) in [6, 6.07) is 7.20. The third kappa shape index (κ3) is 5.05. The summed E-state index contributed by atoms with van der Waals surface area (Å²) in [5.74, 6) is 0.469. The largest absolute Gasteiger partial charge is 0.340 e. The monoisotopic (exact) mass is 418 g/mol. The maximum atomic E-state index is 12.9. The van der Waals surface area contributed by atoms with Gasteiger partial charge in [-0.2, -0.15) is 9.40 Å². The molecule has 1 unspecified atom stereocenters. The van der Waals surface area contributed by atoms with E-state index >= 15 is 0 Å². The van der Waals surface area contributed by atoms with E-state index in [2.05, 4.69) is 18.9 Å². The molecule has 1 aliphatic heterocycles. The molecule has 2 heterocycles. The van der Waals surface area contributed by atoms with E-state index in [0.717, 1.165) is 17.5 Å². The number of amides is 1. The minimum absolute atomic E-state index is 0.0591. The van der Waals surface area contributed by atoms with Crippen LogP contribution in [0.4, 0.5) is 0 Å². The van der Waals surface area contributed by atoms with E-state index in [1.807, 2.05) is 25.4 Å². The van der Waals surface area contributed by atoms with Gasteiger partial charge in [-0.3, -0.25) is 9.48 Å². The van der Waals surface area contributed by atoms with Gasteiger partial charge >= 0.3 is 0 Å². The van der Waals surface area contributed by atoms with Gasteiger partial charge < -0.3 is 4.90 Å². The number of rotatable bonds is 7. The minimum Gasteiger partial charge on any atom is -0.340 e. The Kier molecular flexibility index (Phi) is 6.74. The second-order valence-corrected chi connectivity index (χ2v) is 9.62. The molecule has 0 spiro atoms. The molecule has 2 aromatic rings. The van der Waals surface area contributed by atoms with E-state index in [4.69, 9.17) is 0 Å². The normalized spacial score (nSPS) is 16.7. The third-order valence-corrected chi connectivity index (χ3v) is 7.59. The Morgan fingerprint density at radius 1 is 1.14 bits per heavy atom. The molecule has 0 aliphatic carbocycles. The second-order valence-electron chi connectivity index (χ2n) is 7.69. The van der Waals surface area contributed by atoms with Crippen LogP contribution in [0, 0.1) is 0 Å². The number of benzene rings is 1. The predicted octanol–water partition coefficient (Wildman–Crippen LogP) is 2.40. The highest BCUT2D eigenvalue weighted by Gasteiger charge is 2.30. The van der Waals surface area contributed by atoms with Gasteiger partial charge in [0.2, 0.25) is 15.9 Å². The zero-order valence-corrected chi connectivity index (χ0v) is 18.2. The van der Waals surface area contributed by atoms with Crippen molar-refractivity contribution in [2.75, 3.05) is 26.2 Å². The Labute approximate surface area is 173 Å². The molecule has 8 heteroatoms. The summed E-state index contributed by atoms with van der Waals surface area (Å²) in [4.78, 5) is 14.5. The maximum absolute atomic E-state index is 12.9. The van der Waals surface area contributed by atoms with Crippen molar-refractivity contribution in [1.29, 1.82) is 0 Å². The molecule has 1 amide bonds. The first-order chi connectivity index (χ1) is 13.8. The van der Waals surface area contributed by atoms with Gasteiger partial charge in [-0.1, -0.05) is 26.0 Å². The Bertz CT molecular complexity index is 929. The molecule has 29 heavy (non-hydrogen) atoms. The van der Waals surface area contributed by atoms with E-state index in [0.29, 0.717) is 49.8 Å². The first kappa shape index (κ1) is 21.5. The van der Waals surface area contributed by atoms with Crippen molar-refractivity contribution < 1.29 is 13.2 Å². The van der Waals surface area contributed by atoms with Crippen LogP contribution < -0.4 is 0 Å². The third-order valence-electron chi connectivity index (χ3n) is 5.68. The number of nitrogens with zero attached hydrogens (tertiary/aromatic N) is 4. The van der Waals surface area contributed by atoms with Crippen LogP contribution in [0.25, 0.3) is 0 Å². The second kappa shape index (κ2) is 9.09. The summed E-state index contributed by atoms with van der Waals surface area (Å²) in [6.45, 7) is 5.76. The van der Waals surface area contributed by atoms with Crippen molar-refractivity contribution in [3.05, 3.63) is 47.8 Å². The summed E-state index contributed by atoms with van der Waals surface area (Å²) in [6.07, 6.45) is 5.75. The maximum Gasteiger partial charge on any atom is 0.243 e. The minimum atomic E-state index is -3.53. The summed E-state index contributed by atoms with van der Waals surface area (Å²) >= 11 is 0. The molecule has 1 aliphatic rings. The quantitative estimate of drug-likeness (QED) is 0.692. The van der Waals surface area contributed by atoms with E-state index in [-0.39, 0.29) is 5.91 Å². The lowest BCUT2D eigenvalue weighted by Gasteiger charge is -2.34. The highest BCUT2D eigenvalue weighted by molar-refractivity contribution is 7.89. The zero-order chi connectivity index (χ0) is 21.0. The number of sulfonamides is 1. The highest BCUT2D eigenvalue weighted by atomic mass is 32.2. The van der Waals surface area contributed by atoms with Gasteiger partial charge in [0.25, 0.3) is 0 Å². The molecule has 1 atom stereocenters. The molecule has 0 saturated carbocycles. The van der Waals surface area contributed by atoms with Crippen molar-refractivity contribution in [2.24, 2.45) is 7.05 Å². The van der Waals surface area contributed by atoms with Gasteiger partial charge in [0.1, 0.15) is 0 Å². The van der Waals surface area contributed by atoms with Crippen LogP contribution in [-0.2, 0) is 28.3 Å². The van der Waals surface area contributed by atoms with Crippen LogP contribution in [0.2, 0.25) is 0 Å². The van der Waals surface area contributed by atoms with Crippen molar-refractivity contribution in [3.8, 4) is 0 Å². The fourth-order valence-corrected chi connectivity index (χ4v) is 4.96. The van der Waals surface area contributed by atoms with Crippen molar-refractivity contribution in [2.45, 2.75) is 43.9 Å². The van der Waals surface area contributed by atoms with Gasteiger partial charge in [0, 0.05) is 45.8 Å². The topological polar surface area (TPSA) is 75.5 Å². The Morgan fingerprint density at radius 3 is 2.34 bits per heavy atom. The van der Waals surface area contributed by atoms with E-state index in [9.17, 15) is 13.2 Å². The first-order valence-electron chi connectivity index (χ1n) is 10.2. The molecule has 1 aromatic heterocycles. The van der Waals surface area contributed by atoms with Gasteiger partial charge in [-0.05, 0) is 42.0 Å². The number of hydrogen-bond acceptors (Lipinski definition) is 4. The smallest absolute Gasteiger partial charge is 0.243 e. The lowest BCUT2D eigenvalue weighted by molar-refractivity contribution is -0.132. The number of piperazine rings is 1. The van der Waals surface area contributed by atoms with Gasteiger partial charge in [-0.15, -0.1) is 0 Å². The molecule has 1 aromatic carbocycles. The van der Waals surface area contributed by atoms with Crippen LogP contribution >= 0.6 is 0 Å². The van der Waals surface area contributed by atoms with Crippen LogP contribution in [0.15, 0.2) is 41.6 Å². The van der Waals surface area contributed by atoms with Crippen LogP contribution in [0.1, 0.15) is 43.7 Å². The fraction of sp³-hybridized carbons (Fsp3) is 0.524. The Balaban J connectivity index is 1.55. The number of hydrogen-bond donors (Lipinski definition) is 0. The van der Waals surface area contributed by atoms with Crippen LogP contribution in [-0.4, -0.2) is 59.5 Å². The number of carbonyl (C=O) groups is 1. The number of aromatic nitrogens is 2. The molecule has 3 rings (SSSR count). The summed E-state index contributed by atoms with van der Waals surface area (Å²) < 4.78 is 29.1. The average Bonchev–Trinajstić information content (AvgIpc) is 3.16. The fourth-order valence-electron chi connectivity index (χ4n) is 3.54. The molecule has 1 saturated heterocycles. The van der Waals surface area contributed by atoms with E-state index in [1.165, 1.54) is 4.31 Å². The average molecular weight is 419 g/mol. The summed E-state index contributed by atoms with van der Waals surface area (Å²) in [5, 5.41) is 4.11. The summed E-state index contributed by atoms with van der Waals surface area (Å²) in [5.41, 5.74) is 2.18. The SMILES string of the molecule is CCC(C)c1ccc(S(=O)(=O)N2CCN(C(=O)CCc3cnn(C)c3)CC2)cc1. The highest BCUT2D eigenvalue weighted by Crippen LogP contribution is 2.23. The molecular formula is C21H30N4O3S. The van der Waals surface area contributed by atoms with Crippen LogP contribution in [0.3, 0.4) is 0 Å². The predicted molar refractivity (Wildman–Crippen MR) is 112 cm³/mol. The number of carbonyl (C=O) groups excluding carboxylic acids is 1. The van der Waals surface area contributed by atoms with Crippen molar-refractivity contribution in [3.63, 3.8) is 0 Å². The van der Waals surface area contributed by atoms with Crippen molar-refractivity contribution in [1.82, 2.24) is 19.0 Å². The standard InChI is InChI=1S/C21H30N4O3S/c1-4-17(2)19-6-8-20(9-7-19)29(27,28)25-13-11-24(12-14-25)21(26)10-5-18-15-22-23(3)16-18/h6-9,15-17H,4-5,10-14H2,1-3H3. The first-order valence-corrected chi connectivity index (χ1v) is 11.6. The number of aryl methyl sites for hydroxylation is 2. The molecular weight excluding hydrogens is 388 g/mol. The van der Waals surface area contributed by atoms with Crippen molar-refractivity contribution >= 4 is 15.9 Å². The summed E-state index contributed by atoms with van der Waals surface area (Å²) in [7, 11) is -1.68. The Hall–Kier alpha value is -2.19. The van der Waals surface area contributed by atoms with E-state index in [1.54, 1.807) is 27.9 Å². The molecule has 0 radical (unpaired) electrons. The molecule has 0 N–H and O–H groups in total. The molecule has 7 nitrogen and oxygen atoms in total. The lowest BCUT2D eigenvalue weighted by atomic mass is 9.99. The zero-order valence-electron chi connectivity index (χ0n) is 17.4. The van der Waals surface area contributed by atoms with Gasteiger partial charge in [-0.25, -0.2) is 8.42 Å². The molecule has 158 valence electrons. The van der Waals surface area contributed by atoms with E-state index < -0.39 is 10.0 Å². The Morgan fingerprint density at radius 2 is 1.79 bits per heavy atom. The molecule has 0 bridgehead atoms. The van der Waals surface area contributed by atoms with Gasteiger partial charge in [0.15, 0.2) is 0 Å². The molecule has 1 fully saturated rings. The lowest BCUT2D eigenvalue weighted by Crippen LogP contribution is -2.50. The van der Waals surface area contributed by atoms with Gasteiger partial charge in [0.05, 0.1) is 11.1 Å². The van der Waals surface area contributed by atoms with Crippen LogP contribution in [0.5, 0.6) is 0 Å².